The van der Waals surface area contributed by atoms with Crippen LogP contribution in [0.25, 0.3) is 0 Å². The Morgan fingerprint density at radius 1 is 1.10 bits per heavy atom. The molecule has 3 rings (SSSR count). The summed E-state index contributed by atoms with van der Waals surface area (Å²) in [5.41, 5.74) is 1.58. The van der Waals surface area contributed by atoms with Crippen LogP contribution in [0.1, 0.15) is 46.0 Å². The van der Waals surface area contributed by atoms with E-state index in [1.54, 1.807) is 41.7 Å². The van der Waals surface area contributed by atoms with Gasteiger partial charge in [0, 0.05) is 43.9 Å². The second-order valence-electron chi connectivity index (χ2n) is 7.04. The molecule has 3 aromatic rings. The third-order valence-electron chi connectivity index (χ3n) is 4.13. The van der Waals surface area contributed by atoms with Crippen molar-refractivity contribution in [1.29, 1.82) is 0 Å². The Balaban J connectivity index is 1.76. The number of nitrogens with one attached hydrogen (secondary N) is 1. The third kappa shape index (κ3) is 5.71. The predicted octanol–water partition coefficient (Wildman–Crippen LogP) is 2.69. The number of pyridine rings is 2. The van der Waals surface area contributed by atoms with Gasteiger partial charge in [-0.2, -0.15) is 0 Å². The van der Waals surface area contributed by atoms with Crippen LogP contribution in [0, 0.1) is 5.92 Å². The first kappa shape index (κ1) is 20.2. The Morgan fingerprint density at radius 3 is 2.59 bits per heavy atom. The van der Waals surface area contributed by atoms with Gasteiger partial charge in [-0.15, -0.1) is 0 Å². The fourth-order valence-electron chi connectivity index (χ4n) is 2.65. The summed E-state index contributed by atoms with van der Waals surface area (Å²) in [7, 11) is 0. The van der Waals surface area contributed by atoms with Gasteiger partial charge in [0.2, 0.25) is 0 Å². The van der Waals surface area contributed by atoms with Gasteiger partial charge in [-0.3, -0.25) is 19.6 Å². The number of rotatable bonds is 8. The van der Waals surface area contributed by atoms with Gasteiger partial charge in [0.05, 0.1) is 12.1 Å². The maximum Gasteiger partial charge on any atom is 0.273 e. The van der Waals surface area contributed by atoms with Crippen LogP contribution in [-0.2, 0) is 13.1 Å². The molecule has 0 saturated carbocycles. The highest BCUT2D eigenvalue weighted by Crippen LogP contribution is 2.14. The van der Waals surface area contributed by atoms with Crippen LogP contribution in [-0.4, -0.2) is 38.4 Å². The first-order valence-corrected chi connectivity index (χ1v) is 9.35. The molecule has 8 nitrogen and oxygen atoms in total. The van der Waals surface area contributed by atoms with Crippen LogP contribution in [0.3, 0.4) is 0 Å². The van der Waals surface area contributed by atoms with E-state index in [2.05, 4.69) is 20.4 Å². The van der Waals surface area contributed by atoms with Crippen LogP contribution in [0.15, 0.2) is 59.6 Å². The van der Waals surface area contributed by atoms with Crippen LogP contribution < -0.4 is 5.32 Å². The summed E-state index contributed by atoms with van der Waals surface area (Å²) in [6, 6.07) is 8.67. The van der Waals surface area contributed by atoms with Crippen LogP contribution in [0.2, 0.25) is 0 Å². The highest BCUT2D eigenvalue weighted by atomic mass is 16.5. The number of hydrogen-bond acceptors (Lipinski definition) is 6. The maximum atomic E-state index is 13.0. The molecule has 0 spiro atoms. The van der Waals surface area contributed by atoms with Gasteiger partial charge in [0.25, 0.3) is 11.8 Å². The number of nitrogens with zero attached hydrogens (tertiary/aromatic N) is 4. The lowest BCUT2D eigenvalue weighted by molar-refractivity contribution is 0.0712. The SMILES string of the molecule is CC(C)CNC(=O)c1cc(CN(Cc2ccncc2)C(=O)c2cccnc2)on1. The van der Waals surface area contributed by atoms with E-state index in [4.69, 9.17) is 4.52 Å². The molecule has 8 heteroatoms. The number of hydrogen-bond donors (Lipinski definition) is 1. The zero-order valence-electron chi connectivity index (χ0n) is 16.4. The van der Waals surface area contributed by atoms with Gasteiger partial charge in [-0.05, 0) is 35.7 Å². The lowest BCUT2D eigenvalue weighted by Crippen LogP contribution is -2.30. The van der Waals surface area contributed by atoms with Gasteiger partial charge >= 0.3 is 0 Å². The lowest BCUT2D eigenvalue weighted by atomic mass is 10.2. The summed E-state index contributed by atoms with van der Waals surface area (Å²) >= 11 is 0. The zero-order chi connectivity index (χ0) is 20.6. The van der Waals surface area contributed by atoms with Crippen molar-refractivity contribution in [3.63, 3.8) is 0 Å². The molecule has 3 aromatic heterocycles. The van der Waals surface area contributed by atoms with Crippen LogP contribution >= 0.6 is 0 Å². The van der Waals surface area contributed by atoms with Crippen molar-refractivity contribution >= 4 is 11.8 Å². The molecule has 0 aromatic carbocycles. The van der Waals surface area contributed by atoms with Gasteiger partial charge in [-0.1, -0.05) is 19.0 Å². The van der Waals surface area contributed by atoms with Crippen molar-refractivity contribution in [3.05, 3.63) is 77.7 Å². The molecule has 1 N–H and O–H groups in total. The summed E-state index contributed by atoms with van der Waals surface area (Å²) < 4.78 is 5.31. The molecule has 0 bridgehead atoms. The van der Waals surface area contributed by atoms with E-state index in [1.807, 2.05) is 26.0 Å². The van der Waals surface area contributed by atoms with E-state index in [0.717, 1.165) is 5.56 Å². The molecule has 0 saturated heterocycles. The molecule has 0 aliphatic rings. The predicted molar refractivity (Wildman–Crippen MR) is 106 cm³/mol. The van der Waals surface area contributed by atoms with E-state index >= 15 is 0 Å². The standard InChI is InChI=1S/C21H23N5O3/c1-15(2)11-24-20(27)19-10-18(29-25-19)14-26(13-16-5-8-22-9-6-16)21(28)17-4-3-7-23-12-17/h3-10,12,15H,11,13-14H2,1-2H3,(H,24,27). The molecular formula is C21H23N5O3. The molecule has 29 heavy (non-hydrogen) atoms. The Hall–Kier alpha value is -3.55. The average molecular weight is 393 g/mol. The first-order chi connectivity index (χ1) is 14.0. The second kappa shape index (κ2) is 9.59. The van der Waals surface area contributed by atoms with Crippen molar-refractivity contribution < 1.29 is 14.1 Å². The van der Waals surface area contributed by atoms with E-state index in [-0.39, 0.29) is 24.1 Å². The van der Waals surface area contributed by atoms with Gasteiger partial charge in [0.15, 0.2) is 11.5 Å². The minimum absolute atomic E-state index is 0.167. The smallest absolute Gasteiger partial charge is 0.273 e. The Morgan fingerprint density at radius 2 is 1.90 bits per heavy atom. The van der Waals surface area contributed by atoms with Crippen LogP contribution in [0.4, 0.5) is 0 Å². The van der Waals surface area contributed by atoms with Crippen molar-refractivity contribution in [2.45, 2.75) is 26.9 Å². The number of carbonyl (C=O) groups is 2. The monoisotopic (exact) mass is 393 g/mol. The second-order valence-corrected chi connectivity index (χ2v) is 7.04. The van der Waals surface area contributed by atoms with Crippen molar-refractivity contribution in [3.8, 4) is 0 Å². The lowest BCUT2D eigenvalue weighted by Gasteiger charge is -2.21. The van der Waals surface area contributed by atoms with E-state index in [1.165, 1.54) is 6.20 Å². The Kier molecular flexibility index (Phi) is 6.67. The normalized spacial score (nSPS) is 10.7. The highest BCUT2D eigenvalue weighted by molar-refractivity contribution is 5.94. The summed E-state index contributed by atoms with van der Waals surface area (Å²) in [6.45, 7) is 5.09. The molecule has 0 unspecified atom stereocenters. The molecule has 0 atom stereocenters. The van der Waals surface area contributed by atoms with Crippen molar-refractivity contribution in [1.82, 2.24) is 25.3 Å². The molecule has 0 aliphatic heterocycles. The molecular weight excluding hydrogens is 370 g/mol. The average Bonchev–Trinajstić information content (AvgIpc) is 3.21. The summed E-state index contributed by atoms with van der Waals surface area (Å²) in [6.07, 6.45) is 6.48. The maximum absolute atomic E-state index is 13.0. The quantitative estimate of drug-likeness (QED) is 0.631. The van der Waals surface area contributed by atoms with Gasteiger partial charge < -0.3 is 14.7 Å². The molecule has 2 amide bonds. The minimum atomic E-state index is -0.298. The van der Waals surface area contributed by atoms with Crippen molar-refractivity contribution in [2.24, 2.45) is 5.92 Å². The minimum Gasteiger partial charge on any atom is -0.359 e. The highest BCUT2D eigenvalue weighted by Gasteiger charge is 2.20. The molecule has 0 fully saturated rings. The van der Waals surface area contributed by atoms with E-state index in [9.17, 15) is 9.59 Å². The molecule has 0 radical (unpaired) electrons. The first-order valence-electron chi connectivity index (χ1n) is 9.35. The topological polar surface area (TPSA) is 101 Å². The van der Waals surface area contributed by atoms with Gasteiger partial charge in [-0.25, -0.2) is 0 Å². The largest absolute Gasteiger partial charge is 0.359 e. The van der Waals surface area contributed by atoms with E-state index in [0.29, 0.717) is 30.3 Å². The van der Waals surface area contributed by atoms with Crippen LogP contribution in [0.5, 0.6) is 0 Å². The van der Waals surface area contributed by atoms with Crippen molar-refractivity contribution in [2.75, 3.05) is 6.54 Å². The fourth-order valence-corrected chi connectivity index (χ4v) is 2.65. The van der Waals surface area contributed by atoms with Gasteiger partial charge in [0.1, 0.15) is 0 Å². The summed E-state index contributed by atoms with van der Waals surface area (Å²) in [5.74, 6) is 0.259. The number of aromatic nitrogens is 3. The third-order valence-corrected chi connectivity index (χ3v) is 4.13. The number of amides is 2. The molecule has 3 heterocycles. The van der Waals surface area contributed by atoms with E-state index < -0.39 is 0 Å². The molecule has 0 aliphatic carbocycles. The zero-order valence-corrected chi connectivity index (χ0v) is 16.4. The summed E-state index contributed by atoms with van der Waals surface area (Å²) in [5, 5.41) is 6.64. The molecule has 150 valence electrons. The summed E-state index contributed by atoms with van der Waals surface area (Å²) in [4.78, 5) is 34.8. The Labute approximate surface area is 169 Å². The number of carbonyl (C=O) groups excluding carboxylic acids is 2. The fraction of sp³-hybridized carbons (Fsp3) is 0.286. The Bertz CT molecular complexity index is 941.